The number of nitrogens with zero attached hydrogens (tertiary/aromatic N) is 1. The predicted octanol–water partition coefficient (Wildman–Crippen LogP) is 0.986. The molecule has 1 aliphatic rings. The summed E-state index contributed by atoms with van der Waals surface area (Å²) in [6.07, 6.45) is 4.99. The van der Waals surface area contributed by atoms with Crippen LogP contribution in [0.5, 0.6) is 0 Å². The average molecular weight is 222 g/mol. The van der Waals surface area contributed by atoms with Gasteiger partial charge in [-0.05, 0) is 45.2 Å². The van der Waals surface area contributed by atoms with Gasteiger partial charge in [-0.1, -0.05) is 0 Å². The zero-order chi connectivity index (χ0) is 11.4. The molecule has 0 fully saturated rings. The van der Waals surface area contributed by atoms with Gasteiger partial charge in [0.2, 0.25) is 0 Å². The lowest BCUT2D eigenvalue weighted by Crippen LogP contribution is -2.34. The molecule has 1 heterocycles. The van der Waals surface area contributed by atoms with E-state index in [4.69, 9.17) is 0 Å². The third kappa shape index (κ3) is 2.62. The van der Waals surface area contributed by atoms with Crippen LogP contribution >= 0.6 is 0 Å². The van der Waals surface area contributed by atoms with Crippen molar-refractivity contribution >= 4 is 0 Å². The van der Waals surface area contributed by atoms with Gasteiger partial charge in [-0.25, -0.2) is 0 Å². The van der Waals surface area contributed by atoms with Crippen LogP contribution in [0.3, 0.4) is 0 Å². The summed E-state index contributed by atoms with van der Waals surface area (Å²) in [5, 5.41) is 14.3. The fraction of sp³-hybridized carbons (Fsp3) is 0.750. The van der Waals surface area contributed by atoms with E-state index < -0.39 is 0 Å². The maximum Gasteiger partial charge on any atom is 0.0794 e. The van der Waals surface area contributed by atoms with Crippen LogP contribution in [-0.2, 0) is 19.4 Å². The monoisotopic (exact) mass is 222 g/mol. The van der Waals surface area contributed by atoms with E-state index in [1.54, 1.807) is 0 Å². The molecule has 0 saturated carbocycles. The number of aromatic amines is 1. The van der Waals surface area contributed by atoms with Crippen LogP contribution in [0.1, 0.15) is 36.7 Å². The van der Waals surface area contributed by atoms with Gasteiger partial charge in [-0.3, -0.25) is 5.10 Å². The second-order valence-electron chi connectivity index (χ2n) is 4.67. The van der Waals surface area contributed by atoms with E-state index in [0.717, 1.165) is 13.1 Å². The molecule has 0 saturated heterocycles. The van der Waals surface area contributed by atoms with Crippen LogP contribution in [0.25, 0.3) is 0 Å². The van der Waals surface area contributed by atoms with E-state index in [0.29, 0.717) is 6.04 Å². The van der Waals surface area contributed by atoms with Crippen molar-refractivity contribution < 1.29 is 0 Å². The highest BCUT2D eigenvalue weighted by Gasteiger charge is 2.16. The molecule has 4 nitrogen and oxygen atoms in total. The molecule has 0 radical (unpaired) electrons. The van der Waals surface area contributed by atoms with Gasteiger partial charge in [0.25, 0.3) is 0 Å². The zero-order valence-corrected chi connectivity index (χ0v) is 10.3. The van der Waals surface area contributed by atoms with Crippen LogP contribution < -0.4 is 10.6 Å². The van der Waals surface area contributed by atoms with E-state index in [2.05, 4.69) is 27.8 Å². The highest BCUT2D eigenvalue weighted by molar-refractivity contribution is 5.27. The lowest BCUT2D eigenvalue weighted by molar-refractivity contribution is 0.516. The second-order valence-corrected chi connectivity index (χ2v) is 4.67. The predicted molar refractivity (Wildman–Crippen MR) is 65.5 cm³/mol. The Balaban J connectivity index is 1.92. The summed E-state index contributed by atoms with van der Waals surface area (Å²) >= 11 is 0. The van der Waals surface area contributed by atoms with Gasteiger partial charge in [0.05, 0.1) is 5.69 Å². The van der Waals surface area contributed by atoms with Crippen LogP contribution in [0.4, 0.5) is 0 Å². The van der Waals surface area contributed by atoms with E-state index in [1.807, 2.05) is 7.05 Å². The minimum absolute atomic E-state index is 0.487. The Hall–Kier alpha value is -0.870. The van der Waals surface area contributed by atoms with Crippen molar-refractivity contribution in [2.24, 2.45) is 0 Å². The van der Waals surface area contributed by atoms with Crippen LogP contribution in [-0.4, -0.2) is 29.8 Å². The molecule has 0 spiro atoms. The minimum Gasteiger partial charge on any atom is -0.318 e. The molecule has 3 N–H and O–H groups in total. The largest absolute Gasteiger partial charge is 0.318 e. The zero-order valence-electron chi connectivity index (χ0n) is 10.3. The number of hydrogen-bond acceptors (Lipinski definition) is 3. The molecule has 1 aromatic heterocycles. The Bertz CT molecular complexity index is 332. The first-order chi connectivity index (χ1) is 7.81. The van der Waals surface area contributed by atoms with Gasteiger partial charge >= 0.3 is 0 Å². The number of nitrogens with one attached hydrogen (secondary N) is 3. The molecule has 0 bridgehead atoms. The summed E-state index contributed by atoms with van der Waals surface area (Å²) in [6.45, 7) is 4.07. The van der Waals surface area contributed by atoms with Crippen LogP contribution in [0.15, 0.2) is 0 Å². The van der Waals surface area contributed by atoms with Crippen molar-refractivity contribution in [2.45, 2.75) is 45.2 Å². The summed E-state index contributed by atoms with van der Waals surface area (Å²) < 4.78 is 0. The third-order valence-electron chi connectivity index (χ3n) is 3.27. The number of likely N-dealkylation sites (N-methyl/N-ethyl adjacent to an activating group) is 1. The number of hydrogen-bond donors (Lipinski definition) is 3. The van der Waals surface area contributed by atoms with E-state index >= 15 is 0 Å². The van der Waals surface area contributed by atoms with Gasteiger partial charge in [-0.2, -0.15) is 5.10 Å². The molecule has 1 atom stereocenters. The molecule has 90 valence electrons. The van der Waals surface area contributed by atoms with E-state index in [-0.39, 0.29) is 0 Å². The fourth-order valence-electron chi connectivity index (χ4n) is 2.35. The van der Waals surface area contributed by atoms with Crippen molar-refractivity contribution in [3.63, 3.8) is 0 Å². The summed E-state index contributed by atoms with van der Waals surface area (Å²) in [5.41, 5.74) is 4.05. The number of aromatic nitrogens is 2. The number of fused-ring (bicyclic) bond motifs is 1. The molecule has 0 aliphatic heterocycles. The summed E-state index contributed by atoms with van der Waals surface area (Å²) in [7, 11) is 1.98. The maximum atomic E-state index is 4.42. The summed E-state index contributed by atoms with van der Waals surface area (Å²) in [6, 6.07) is 0.487. The summed E-state index contributed by atoms with van der Waals surface area (Å²) in [4.78, 5) is 0. The number of aryl methyl sites for hydroxylation is 1. The second kappa shape index (κ2) is 5.46. The van der Waals surface area contributed by atoms with Crippen LogP contribution in [0.2, 0.25) is 0 Å². The summed E-state index contributed by atoms with van der Waals surface area (Å²) in [5.74, 6) is 0. The maximum absolute atomic E-state index is 4.42. The Morgan fingerprint density at radius 2 is 2.19 bits per heavy atom. The van der Waals surface area contributed by atoms with Gasteiger partial charge in [0.15, 0.2) is 0 Å². The minimum atomic E-state index is 0.487. The van der Waals surface area contributed by atoms with Crippen LogP contribution in [0, 0.1) is 0 Å². The van der Waals surface area contributed by atoms with Gasteiger partial charge < -0.3 is 10.6 Å². The first-order valence-electron chi connectivity index (χ1n) is 6.24. The first kappa shape index (κ1) is 11.6. The van der Waals surface area contributed by atoms with Crippen molar-refractivity contribution in [3.05, 3.63) is 17.0 Å². The normalized spacial score (nSPS) is 17.1. The molecular formula is C12H22N4. The Labute approximate surface area is 97.2 Å². The van der Waals surface area contributed by atoms with Gasteiger partial charge in [-0.15, -0.1) is 0 Å². The molecule has 4 heteroatoms. The SMILES string of the molecule is CNCC(C)NCc1n[nH]c2c1CCCC2. The number of rotatable bonds is 5. The third-order valence-corrected chi connectivity index (χ3v) is 3.27. The van der Waals surface area contributed by atoms with Gasteiger partial charge in [0.1, 0.15) is 0 Å². The van der Waals surface area contributed by atoms with Crippen molar-refractivity contribution in [1.29, 1.82) is 0 Å². The Morgan fingerprint density at radius 1 is 1.38 bits per heavy atom. The number of H-pyrrole nitrogens is 1. The van der Waals surface area contributed by atoms with Crippen molar-refractivity contribution in [1.82, 2.24) is 20.8 Å². The highest BCUT2D eigenvalue weighted by Crippen LogP contribution is 2.21. The van der Waals surface area contributed by atoms with E-state index in [1.165, 1.54) is 42.6 Å². The highest BCUT2D eigenvalue weighted by atomic mass is 15.1. The topological polar surface area (TPSA) is 52.7 Å². The molecule has 0 aromatic carbocycles. The first-order valence-corrected chi connectivity index (χ1v) is 6.24. The standard InChI is InChI=1S/C12H22N4/c1-9(7-13-2)14-8-12-10-5-3-4-6-11(10)15-16-12/h9,13-14H,3-8H2,1-2H3,(H,15,16). The van der Waals surface area contributed by atoms with Crippen molar-refractivity contribution in [2.75, 3.05) is 13.6 Å². The fourth-order valence-corrected chi connectivity index (χ4v) is 2.35. The Morgan fingerprint density at radius 3 is 3.00 bits per heavy atom. The molecule has 1 aromatic rings. The van der Waals surface area contributed by atoms with E-state index in [9.17, 15) is 0 Å². The molecule has 0 amide bonds. The molecule has 1 unspecified atom stereocenters. The quantitative estimate of drug-likeness (QED) is 0.696. The molecular weight excluding hydrogens is 200 g/mol. The Kier molecular flexibility index (Phi) is 3.96. The van der Waals surface area contributed by atoms with Crippen molar-refractivity contribution in [3.8, 4) is 0 Å². The smallest absolute Gasteiger partial charge is 0.0794 e. The molecule has 2 rings (SSSR count). The van der Waals surface area contributed by atoms with Gasteiger partial charge in [0, 0.05) is 24.8 Å². The average Bonchev–Trinajstić information content (AvgIpc) is 2.70. The lowest BCUT2D eigenvalue weighted by atomic mass is 9.96. The molecule has 16 heavy (non-hydrogen) atoms. The lowest BCUT2D eigenvalue weighted by Gasteiger charge is -2.14. The molecule has 1 aliphatic carbocycles.